The van der Waals surface area contributed by atoms with Crippen LogP contribution in [0.1, 0.15) is 75.1 Å². The van der Waals surface area contributed by atoms with E-state index in [-0.39, 0.29) is 24.3 Å². The normalized spacial score (nSPS) is 16.8. The fraction of sp³-hybridized carbons (Fsp3) is 0.312. The molecule has 2 N–H and O–H groups in total. The number of hydrogen-bond acceptors (Lipinski definition) is 14. The minimum atomic E-state index is -0.627. The van der Waals surface area contributed by atoms with Crippen LogP contribution < -0.4 is 33.7 Å². The number of β-amino-alcohol motifs (C(OH)–C–C–N with tert-alkyl or cyclic N) is 1. The van der Waals surface area contributed by atoms with Crippen LogP contribution in [0.4, 0.5) is 0 Å². The third-order valence-corrected chi connectivity index (χ3v) is 14.5. The number of pyridine rings is 2. The molecule has 11 rings (SSSR count). The number of ether oxygens (including phenoxy) is 7. The number of benzene rings is 6. The number of aliphatic hydroxyl groups excluding tert-OH is 1. The van der Waals surface area contributed by atoms with Crippen molar-refractivity contribution in [3.05, 3.63) is 179 Å². The molecule has 0 amide bonds. The zero-order valence-corrected chi connectivity index (χ0v) is 44.6. The quantitative estimate of drug-likeness (QED) is 0.0581. The molecule has 6 aromatic carbocycles. The predicted octanol–water partition coefficient (Wildman–Crippen LogP) is 11.5. The van der Waals surface area contributed by atoms with Crippen molar-refractivity contribution in [1.82, 2.24) is 20.2 Å². The molecular formula is C64H66N4O10. The number of carbonyl (C=O) groups is 2. The molecule has 3 fully saturated rings. The highest BCUT2D eigenvalue weighted by atomic mass is 16.6. The van der Waals surface area contributed by atoms with Crippen molar-refractivity contribution in [1.29, 1.82) is 0 Å². The maximum atomic E-state index is 13.4. The molecule has 8 aromatic rings. The molecule has 0 radical (unpaired) electrons. The lowest BCUT2D eigenvalue weighted by atomic mass is 9.84. The summed E-state index contributed by atoms with van der Waals surface area (Å²) < 4.78 is 41.2. The zero-order chi connectivity index (χ0) is 54.0. The van der Waals surface area contributed by atoms with Crippen molar-refractivity contribution >= 4 is 33.4 Å². The van der Waals surface area contributed by atoms with Gasteiger partial charge < -0.3 is 43.6 Å². The van der Waals surface area contributed by atoms with Crippen molar-refractivity contribution in [2.24, 2.45) is 5.92 Å². The number of aromatic nitrogens is 2. The number of likely N-dealkylation sites (tertiary alicyclic amines) is 1. The Morgan fingerprint density at radius 2 is 1.15 bits per heavy atom. The van der Waals surface area contributed by atoms with E-state index in [0.29, 0.717) is 111 Å². The summed E-state index contributed by atoms with van der Waals surface area (Å²) in [5.74, 6) is 4.75. The van der Waals surface area contributed by atoms with Gasteiger partial charge in [0.25, 0.3) is 0 Å². The van der Waals surface area contributed by atoms with E-state index in [2.05, 4.69) is 20.2 Å². The molecule has 3 aliphatic heterocycles. The first-order valence-electron chi connectivity index (χ1n) is 26.8. The van der Waals surface area contributed by atoms with Crippen LogP contribution in [0.5, 0.6) is 46.0 Å². The van der Waals surface area contributed by atoms with E-state index < -0.39 is 6.10 Å². The number of aryl methyl sites for hydroxylation is 2. The molecule has 3 saturated heterocycles. The molecule has 0 aliphatic carbocycles. The number of aliphatic hydroxyl groups is 1. The minimum Gasteiger partial charge on any atom is -0.493 e. The molecule has 2 aromatic heterocycles. The maximum Gasteiger partial charge on any atom is 0.196 e. The molecule has 0 bridgehead atoms. The average Bonchev–Trinajstić information content (AvgIpc) is 4.33. The highest BCUT2D eigenvalue weighted by molar-refractivity contribution is 6.11. The lowest BCUT2D eigenvalue weighted by Gasteiger charge is -2.42. The number of methoxy groups -OCH3 is 2. The standard InChI is InChI=1S/C37H43N3O5.C27H23NO5/c1-25-11-12-33(30(20-25)37(42)27-8-4-3-5-9-27)45-34-15-18-39-31-22-36(35(43-2)21-29(31)34)44-24-28(41)23-40-19-7-6-10-32(40)26-13-16-38-17-14-26;1-17-8-9-23(21(12-17)27(29)18-6-4-3-5-7-18)33-24-10-11-28-22-14-26(32-16-19-15-31-19)25(30-2)13-20(22)24/h3-5,8-9,11-12,15,18,20-22,26,28,32,38,41H,6-7,10,13-14,16-17,19,23-24H2,1-2H3;3-14,19H,15-16H2,1-2H3. The molecule has 0 spiro atoms. The molecule has 78 heavy (non-hydrogen) atoms. The first-order valence-corrected chi connectivity index (χ1v) is 26.8. The van der Waals surface area contributed by atoms with Crippen molar-refractivity contribution in [2.75, 3.05) is 60.2 Å². The second kappa shape index (κ2) is 25.1. The number of epoxide rings is 1. The van der Waals surface area contributed by atoms with Gasteiger partial charge in [-0.1, -0.05) is 90.3 Å². The van der Waals surface area contributed by atoms with Gasteiger partial charge in [0, 0.05) is 59.0 Å². The number of ketones is 2. The van der Waals surface area contributed by atoms with Crippen LogP contribution in [-0.2, 0) is 4.74 Å². The fourth-order valence-electron chi connectivity index (χ4n) is 10.4. The van der Waals surface area contributed by atoms with Crippen LogP contribution in [0.25, 0.3) is 21.8 Å². The molecule has 3 atom stereocenters. The monoisotopic (exact) mass is 1050 g/mol. The van der Waals surface area contributed by atoms with Crippen LogP contribution in [0.3, 0.4) is 0 Å². The number of fused-ring (bicyclic) bond motifs is 2. The second-order valence-electron chi connectivity index (χ2n) is 20.1. The highest BCUT2D eigenvalue weighted by Crippen LogP contribution is 2.41. The molecule has 14 heteroatoms. The van der Waals surface area contributed by atoms with E-state index in [0.717, 1.165) is 41.5 Å². The lowest BCUT2D eigenvalue weighted by Crippen LogP contribution is -2.50. The summed E-state index contributed by atoms with van der Waals surface area (Å²) in [5.41, 5.74) is 5.49. The molecule has 0 saturated carbocycles. The van der Waals surface area contributed by atoms with Gasteiger partial charge in [0.1, 0.15) is 48.4 Å². The summed E-state index contributed by atoms with van der Waals surface area (Å²) in [4.78, 5) is 38.1. The van der Waals surface area contributed by atoms with Crippen molar-refractivity contribution < 1.29 is 47.9 Å². The van der Waals surface area contributed by atoms with Crippen molar-refractivity contribution in [2.45, 2.75) is 64.2 Å². The Labute approximate surface area is 455 Å². The third-order valence-electron chi connectivity index (χ3n) is 14.5. The summed E-state index contributed by atoms with van der Waals surface area (Å²) in [6.45, 7) is 9.03. The van der Waals surface area contributed by atoms with Gasteiger partial charge in [0.2, 0.25) is 0 Å². The topological polar surface area (TPSA) is 163 Å². The summed E-state index contributed by atoms with van der Waals surface area (Å²) in [6.07, 6.45) is 8.90. The molecule has 402 valence electrons. The van der Waals surface area contributed by atoms with E-state index in [4.69, 9.17) is 33.2 Å². The first kappa shape index (κ1) is 53.5. The largest absolute Gasteiger partial charge is 0.493 e. The molecule has 5 heterocycles. The first-order chi connectivity index (χ1) is 38.1. The Morgan fingerprint density at radius 1 is 0.628 bits per heavy atom. The summed E-state index contributed by atoms with van der Waals surface area (Å²) in [5, 5.41) is 16.0. The van der Waals surface area contributed by atoms with Gasteiger partial charge in [0.05, 0.1) is 43.0 Å². The maximum absolute atomic E-state index is 13.4. The van der Waals surface area contributed by atoms with Crippen LogP contribution in [-0.4, -0.2) is 110 Å². The fourth-order valence-corrected chi connectivity index (χ4v) is 10.4. The Bertz CT molecular complexity index is 3370. The highest BCUT2D eigenvalue weighted by Gasteiger charge is 2.32. The van der Waals surface area contributed by atoms with Crippen LogP contribution in [0.15, 0.2) is 146 Å². The average molecular weight is 1050 g/mol. The molecule has 14 nitrogen and oxygen atoms in total. The summed E-state index contributed by atoms with van der Waals surface area (Å²) in [6, 6.07) is 41.0. The predicted molar refractivity (Wildman–Crippen MR) is 300 cm³/mol. The van der Waals surface area contributed by atoms with Gasteiger partial charge >= 0.3 is 0 Å². The molecule has 3 unspecified atom stereocenters. The van der Waals surface area contributed by atoms with E-state index in [9.17, 15) is 14.7 Å². The van der Waals surface area contributed by atoms with Gasteiger partial charge in [-0.3, -0.25) is 24.5 Å². The van der Waals surface area contributed by atoms with E-state index >= 15 is 0 Å². The van der Waals surface area contributed by atoms with Crippen molar-refractivity contribution in [3.63, 3.8) is 0 Å². The molecule has 3 aliphatic rings. The van der Waals surface area contributed by atoms with E-state index in [1.807, 2.05) is 111 Å². The van der Waals surface area contributed by atoms with Crippen LogP contribution in [0.2, 0.25) is 0 Å². The SMILES string of the molecule is COc1cc2c(Oc3ccc(C)cc3C(=O)c3ccccc3)ccnc2cc1OCC(O)CN1CCCCC1C1CCNCC1.COc1cc2c(Oc3ccc(C)cc3C(=O)c3ccccc3)ccnc2cc1OCC1CO1. The summed E-state index contributed by atoms with van der Waals surface area (Å²) >= 11 is 0. The number of piperidine rings is 2. The van der Waals surface area contributed by atoms with Gasteiger partial charge in [-0.25, -0.2) is 0 Å². The van der Waals surface area contributed by atoms with Gasteiger partial charge in [0.15, 0.2) is 34.6 Å². The number of rotatable bonds is 19. The smallest absolute Gasteiger partial charge is 0.196 e. The number of nitrogens with one attached hydrogen (secondary N) is 1. The zero-order valence-electron chi connectivity index (χ0n) is 44.6. The second-order valence-corrected chi connectivity index (χ2v) is 20.1. The minimum absolute atomic E-state index is 0.0942. The molecular weight excluding hydrogens is 985 g/mol. The Morgan fingerprint density at radius 3 is 1.67 bits per heavy atom. The Kier molecular flexibility index (Phi) is 17.2. The summed E-state index contributed by atoms with van der Waals surface area (Å²) in [7, 11) is 3.18. The number of carbonyl (C=O) groups excluding carboxylic acids is 2. The lowest BCUT2D eigenvalue weighted by molar-refractivity contribution is 0.0177. The van der Waals surface area contributed by atoms with Gasteiger partial charge in [-0.05, 0) is 114 Å². The van der Waals surface area contributed by atoms with E-state index in [1.54, 1.807) is 63.0 Å². The van der Waals surface area contributed by atoms with Crippen LogP contribution >= 0.6 is 0 Å². The Hall–Kier alpha value is -7.88. The van der Waals surface area contributed by atoms with Gasteiger partial charge in [-0.15, -0.1) is 0 Å². The van der Waals surface area contributed by atoms with Crippen molar-refractivity contribution in [3.8, 4) is 46.0 Å². The third kappa shape index (κ3) is 12.9. The number of hydrogen-bond donors (Lipinski definition) is 2. The van der Waals surface area contributed by atoms with Gasteiger partial charge in [-0.2, -0.15) is 0 Å². The van der Waals surface area contributed by atoms with E-state index in [1.165, 1.54) is 32.1 Å². The number of nitrogens with zero attached hydrogens (tertiary/aromatic N) is 3. The Balaban J connectivity index is 0.000000185. The van der Waals surface area contributed by atoms with Crippen LogP contribution in [0, 0.1) is 19.8 Å².